The number of nitrogens with one attached hydrogen (secondary N) is 1. The van der Waals surface area contributed by atoms with Crippen LogP contribution in [0, 0.1) is 5.41 Å². The zero-order valence-electron chi connectivity index (χ0n) is 12.3. The lowest BCUT2D eigenvalue weighted by atomic mass is 10.1. The third kappa shape index (κ3) is 3.76. The monoisotopic (exact) mass is 279 g/mol. The summed E-state index contributed by atoms with van der Waals surface area (Å²) in [5, 5.41) is 17.9. The summed E-state index contributed by atoms with van der Waals surface area (Å²) >= 11 is 0. The topological polar surface area (TPSA) is 61.5 Å². The van der Waals surface area contributed by atoms with Crippen molar-refractivity contribution in [2.45, 2.75) is 39.0 Å². The van der Waals surface area contributed by atoms with Gasteiger partial charge in [-0.05, 0) is 18.9 Å². The molecular formula is C15H25N3O2. The van der Waals surface area contributed by atoms with E-state index in [1.54, 1.807) is 6.07 Å². The molecule has 0 aliphatic carbocycles. The Morgan fingerprint density at radius 1 is 1.20 bits per heavy atom. The molecule has 1 saturated heterocycles. The van der Waals surface area contributed by atoms with Gasteiger partial charge in [0.15, 0.2) is 5.49 Å². The Morgan fingerprint density at radius 3 is 2.65 bits per heavy atom. The second-order valence-corrected chi connectivity index (χ2v) is 5.31. The number of unbranched alkanes of at least 4 members (excludes halogenated alkanes) is 3. The van der Waals surface area contributed by atoms with Crippen LogP contribution in [0.25, 0.3) is 0 Å². The van der Waals surface area contributed by atoms with Crippen molar-refractivity contribution in [3.05, 3.63) is 23.3 Å². The summed E-state index contributed by atoms with van der Waals surface area (Å²) in [5.74, 6) is 0. The first-order valence-corrected chi connectivity index (χ1v) is 7.55. The molecule has 0 unspecified atom stereocenters. The normalized spacial score (nSPS) is 15.6. The molecule has 5 nitrogen and oxygen atoms in total. The molecule has 1 aliphatic rings. The van der Waals surface area contributed by atoms with E-state index in [1.807, 2.05) is 6.07 Å². The van der Waals surface area contributed by atoms with Crippen molar-refractivity contribution in [1.29, 1.82) is 5.41 Å². The molecule has 5 heteroatoms. The van der Waals surface area contributed by atoms with Crippen LogP contribution in [0.4, 0.5) is 5.69 Å². The van der Waals surface area contributed by atoms with E-state index in [0.717, 1.165) is 55.3 Å². The average molecular weight is 279 g/mol. The van der Waals surface area contributed by atoms with Crippen LogP contribution in [0.3, 0.4) is 0 Å². The van der Waals surface area contributed by atoms with Crippen molar-refractivity contribution < 1.29 is 9.94 Å². The van der Waals surface area contributed by atoms with Gasteiger partial charge in [-0.1, -0.05) is 26.2 Å². The van der Waals surface area contributed by atoms with Crippen LogP contribution in [0.1, 0.15) is 38.3 Å². The first-order chi connectivity index (χ1) is 9.72. The summed E-state index contributed by atoms with van der Waals surface area (Å²) in [6.07, 6.45) is 5.48. The van der Waals surface area contributed by atoms with Crippen molar-refractivity contribution in [2.75, 3.05) is 31.2 Å². The van der Waals surface area contributed by atoms with Crippen LogP contribution >= 0.6 is 0 Å². The molecule has 0 aromatic carbocycles. The zero-order valence-corrected chi connectivity index (χ0v) is 12.3. The van der Waals surface area contributed by atoms with Crippen LogP contribution in [0.2, 0.25) is 0 Å². The Morgan fingerprint density at radius 2 is 1.95 bits per heavy atom. The summed E-state index contributed by atoms with van der Waals surface area (Å²) in [4.78, 5) is 2.22. The molecule has 1 aromatic heterocycles. The Hall–Kier alpha value is -1.49. The van der Waals surface area contributed by atoms with Gasteiger partial charge in [-0.2, -0.15) is 4.73 Å². The van der Waals surface area contributed by atoms with Crippen LogP contribution in [0.15, 0.2) is 12.1 Å². The molecule has 2 heterocycles. The van der Waals surface area contributed by atoms with Crippen molar-refractivity contribution in [3.8, 4) is 0 Å². The number of hydrogen-bond acceptors (Lipinski definition) is 4. The number of pyridine rings is 1. The number of aromatic nitrogens is 1. The number of nitrogens with zero attached hydrogens (tertiary/aromatic N) is 2. The van der Waals surface area contributed by atoms with E-state index in [0.29, 0.717) is 0 Å². The van der Waals surface area contributed by atoms with E-state index in [1.165, 1.54) is 19.3 Å². The van der Waals surface area contributed by atoms with E-state index in [2.05, 4.69) is 11.8 Å². The van der Waals surface area contributed by atoms with Gasteiger partial charge in [-0.3, -0.25) is 5.41 Å². The third-order valence-corrected chi connectivity index (χ3v) is 3.76. The SMILES string of the molecule is CCCCCCc1cc(N2CCOCC2)cc(=N)n1O. The number of aryl methyl sites for hydroxylation is 1. The van der Waals surface area contributed by atoms with Gasteiger partial charge in [-0.15, -0.1) is 0 Å². The molecule has 2 N–H and O–H groups in total. The van der Waals surface area contributed by atoms with Crippen LogP contribution in [0.5, 0.6) is 0 Å². The van der Waals surface area contributed by atoms with Crippen LogP contribution in [-0.4, -0.2) is 36.2 Å². The maximum Gasteiger partial charge on any atom is 0.162 e. The number of rotatable bonds is 6. The first-order valence-electron chi connectivity index (χ1n) is 7.55. The quantitative estimate of drug-likeness (QED) is 0.619. The summed E-state index contributed by atoms with van der Waals surface area (Å²) in [6.45, 7) is 5.35. The minimum atomic E-state index is 0.152. The third-order valence-electron chi connectivity index (χ3n) is 3.76. The minimum Gasteiger partial charge on any atom is -0.427 e. The number of morpholine rings is 1. The summed E-state index contributed by atoms with van der Waals surface area (Å²) in [6, 6.07) is 3.73. The van der Waals surface area contributed by atoms with E-state index < -0.39 is 0 Å². The van der Waals surface area contributed by atoms with Gasteiger partial charge >= 0.3 is 0 Å². The van der Waals surface area contributed by atoms with Crippen molar-refractivity contribution in [2.24, 2.45) is 0 Å². The largest absolute Gasteiger partial charge is 0.427 e. The number of ether oxygens (including phenoxy) is 1. The standard InChI is InChI=1S/C15H25N3O2/c1-2-3-4-5-6-13-11-14(12-15(16)18(13)19)17-7-9-20-10-8-17/h11-12,16,19H,2-10H2,1H3. The van der Waals surface area contributed by atoms with Gasteiger partial charge in [0.25, 0.3) is 0 Å². The van der Waals surface area contributed by atoms with Crippen molar-refractivity contribution in [1.82, 2.24) is 4.73 Å². The maximum absolute atomic E-state index is 9.96. The van der Waals surface area contributed by atoms with E-state index in [-0.39, 0.29) is 5.49 Å². The van der Waals surface area contributed by atoms with Crippen molar-refractivity contribution >= 4 is 5.69 Å². The molecular weight excluding hydrogens is 254 g/mol. The predicted octanol–water partition coefficient (Wildman–Crippen LogP) is 2.16. The number of anilines is 1. The summed E-state index contributed by atoms with van der Waals surface area (Å²) in [5.41, 5.74) is 2.00. The molecule has 112 valence electrons. The van der Waals surface area contributed by atoms with Gasteiger partial charge < -0.3 is 14.8 Å². The molecule has 2 rings (SSSR count). The highest BCUT2D eigenvalue weighted by Crippen LogP contribution is 2.16. The van der Waals surface area contributed by atoms with Crippen LogP contribution in [-0.2, 0) is 11.2 Å². The fourth-order valence-corrected chi connectivity index (χ4v) is 2.54. The lowest BCUT2D eigenvalue weighted by Crippen LogP contribution is -2.37. The molecule has 0 amide bonds. The Bertz CT molecular complexity index is 478. The molecule has 1 fully saturated rings. The highest BCUT2D eigenvalue weighted by molar-refractivity contribution is 5.46. The molecule has 0 radical (unpaired) electrons. The summed E-state index contributed by atoms with van der Waals surface area (Å²) < 4.78 is 6.36. The lowest BCUT2D eigenvalue weighted by molar-refractivity contribution is 0.122. The smallest absolute Gasteiger partial charge is 0.162 e. The lowest BCUT2D eigenvalue weighted by Gasteiger charge is -2.29. The van der Waals surface area contributed by atoms with E-state index >= 15 is 0 Å². The molecule has 1 aromatic rings. The fraction of sp³-hybridized carbons (Fsp3) is 0.667. The van der Waals surface area contributed by atoms with Crippen LogP contribution < -0.4 is 10.4 Å². The Kier molecular flexibility index (Phi) is 5.47. The molecule has 0 spiro atoms. The predicted molar refractivity (Wildman–Crippen MR) is 78.3 cm³/mol. The molecule has 0 atom stereocenters. The molecule has 0 saturated carbocycles. The second kappa shape index (κ2) is 7.33. The summed E-state index contributed by atoms with van der Waals surface area (Å²) in [7, 11) is 0. The maximum atomic E-state index is 9.96. The second-order valence-electron chi connectivity index (χ2n) is 5.31. The Labute approximate surface area is 120 Å². The fourth-order valence-electron chi connectivity index (χ4n) is 2.54. The minimum absolute atomic E-state index is 0.152. The van der Waals surface area contributed by atoms with Crippen molar-refractivity contribution in [3.63, 3.8) is 0 Å². The van der Waals surface area contributed by atoms with Gasteiger partial charge in [0.2, 0.25) is 0 Å². The first kappa shape index (κ1) is 14.9. The zero-order chi connectivity index (χ0) is 14.4. The highest BCUT2D eigenvalue weighted by Gasteiger charge is 2.13. The van der Waals surface area contributed by atoms with Gasteiger partial charge in [0.1, 0.15) is 0 Å². The molecule has 0 bridgehead atoms. The average Bonchev–Trinajstić information content (AvgIpc) is 2.48. The highest BCUT2D eigenvalue weighted by atomic mass is 16.5. The molecule has 1 aliphatic heterocycles. The van der Waals surface area contributed by atoms with E-state index in [9.17, 15) is 5.21 Å². The van der Waals surface area contributed by atoms with Gasteiger partial charge in [-0.25, -0.2) is 0 Å². The number of hydrogen-bond donors (Lipinski definition) is 2. The molecule has 20 heavy (non-hydrogen) atoms. The van der Waals surface area contributed by atoms with Gasteiger partial charge in [0.05, 0.1) is 18.9 Å². The van der Waals surface area contributed by atoms with Gasteiger partial charge in [0, 0.05) is 24.8 Å². The Balaban J connectivity index is 2.09. The van der Waals surface area contributed by atoms with E-state index in [4.69, 9.17) is 10.1 Å².